The molecule has 0 spiro atoms. The van der Waals surface area contributed by atoms with Gasteiger partial charge in [-0.2, -0.15) is 0 Å². The number of ether oxygens (including phenoxy) is 1. The molecule has 1 fully saturated rings. The van der Waals surface area contributed by atoms with E-state index in [0.29, 0.717) is 0 Å². The quantitative estimate of drug-likeness (QED) is 0.615. The number of hydrogen-bond donors (Lipinski definition) is 0. The lowest BCUT2D eigenvalue weighted by Crippen LogP contribution is -2.16. The van der Waals surface area contributed by atoms with Crippen molar-refractivity contribution in [3.8, 4) is 0 Å². The molecule has 0 aromatic rings. The van der Waals surface area contributed by atoms with E-state index in [0.717, 1.165) is 12.8 Å². The molecule has 1 saturated carbocycles. The highest BCUT2D eigenvalue weighted by Gasteiger charge is 2.11. The lowest BCUT2D eigenvalue weighted by atomic mass is 10.00. The molecule has 106 valence electrons. The third-order valence-electron chi connectivity index (χ3n) is 3.88. The van der Waals surface area contributed by atoms with Gasteiger partial charge in [-0.3, -0.25) is 4.79 Å². The van der Waals surface area contributed by atoms with Crippen molar-refractivity contribution in [3.63, 3.8) is 0 Å². The summed E-state index contributed by atoms with van der Waals surface area (Å²) in [6.07, 6.45) is 17.1. The van der Waals surface area contributed by atoms with Gasteiger partial charge in [-0.15, -0.1) is 0 Å². The van der Waals surface area contributed by atoms with Crippen molar-refractivity contribution < 1.29 is 9.53 Å². The van der Waals surface area contributed by atoms with Crippen molar-refractivity contribution in [2.75, 3.05) is 0 Å². The highest BCUT2D eigenvalue weighted by atomic mass is 16.5. The Kier molecular flexibility index (Phi) is 8.97. The molecule has 0 aromatic carbocycles. The van der Waals surface area contributed by atoms with Gasteiger partial charge in [0.1, 0.15) is 6.10 Å². The van der Waals surface area contributed by atoms with Crippen molar-refractivity contribution in [2.24, 2.45) is 0 Å². The Balaban J connectivity index is 2.26. The summed E-state index contributed by atoms with van der Waals surface area (Å²) in [4.78, 5) is 11.1. The van der Waals surface area contributed by atoms with E-state index in [1.165, 1.54) is 77.6 Å². The lowest BCUT2D eigenvalue weighted by Gasteiger charge is -2.17. The Labute approximate surface area is 112 Å². The van der Waals surface area contributed by atoms with E-state index in [9.17, 15) is 4.79 Å². The molecule has 0 heterocycles. The molecule has 0 bridgehead atoms. The molecule has 0 N–H and O–H groups in total. The van der Waals surface area contributed by atoms with Gasteiger partial charge in [0.25, 0.3) is 0 Å². The van der Waals surface area contributed by atoms with Crippen LogP contribution in [0.4, 0.5) is 0 Å². The first-order chi connectivity index (χ1) is 8.79. The fraction of sp³-hybridized carbons (Fsp3) is 0.938. The Morgan fingerprint density at radius 1 is 0.722 bits per heavy atom. The number of esters is 1. The number of hydrogen-bond acceptors (Lipinski definition) is 2. The van der Waals surface area contributed by atoms with E-state index in [2.05, 4.69) is 0 Å². The molecule has 0 atom stereocenters. The number of rotatable bonds is 1. The second-order valence-electron chi connectivity index (χ2n) is 5.70. The molecule has 1 aliphatic carbocycles. The summed E-state index contributed by atoms with van der Waals surface area (Å²) in [5.41, 5.74) is 0. The van der Waals surface area contributed by atoms with Gasteiger partial charge in [0.15, 0.2) is 0 Å². The third-order valence-corrected chi connectivity index (χ3v) is 3.88. The normalized spacial score (nSPS) is 22.1. The van der Waals surface area contributed by atoms with Crippen LogP contribution in [-0.4, -0.2) is 12.1 Å². The van der Waals surface area contributed by atoms with Crippen LogP contribution in [0.5, 0.6) is 0 Å². The molecule has 2 nitrogen and oxygen atoms in total. The first-order valence-electron chi connectivity index (χ1n) is 7.96. The van der Waals surface area contributed by atoms with Crippen LogP contribution in [0, 0.1) is 0 Å². The largest absolute Gasteiger partial charge is 0.463 e. The second-order valence-corrected chi connectivity index (χ2v) is 5.70. The van der Waals surface area contributed by atoms with Crippen LogP contribution in [0.25, 0.3) is 0 Å². The molecule has 0 radical (unpaired) electrons. The van der Waals surface area contributed by atoms with Gasteiger partial charge in [-0.25, -0.2) is 0 Å². The first kappa shape index (κ1) is 15.5. The summed E-state index contributed by atoms with van der Waals surface area (Å²) < 4.78 is 5.41. The minimum Gasteiger partial charge on any atom is -0.463 e. The Morgan fingerprint density at radius 2 is 1.06 bits per heavy atom. The minimum absolute atomic E-state index is 0.110. The summed E-state index contributed by atoms with van der Waals surface area (Å²) in [7, 11) is 0. The fourth-order valence-corrected chi connectivity index (χ4v) is 2.83. The van der Waals surface area contributed by atoms with Gasteiger partial charge in [0.2, 0.25) is 0 Å². The van der Waals surface area contributed by atoms with Crippen molar-refractivity contribution >= 4 is 5.97 Å². The maximum atomic E-state index is 11.1. The van der Waals surface area contributed by atoms with Crippen LogP contribution in [0.2, 0.25) is 0 Å². The van der Waals surface area contributed by atoms with E-state index in [-0.39, 0.29) is 12.1 Å². The Hall–Kier alpha value is -0.530. The van der Waals surface area contributed by atoms with Crippen LogP contribution in [-0.2, 0) is 9.53 Å². The molecule has 1 rings (SSSR count). The Bertz CT molecular complexity index is 199. The average Bonchev–Trinajstić information content (AvgIpc) is 2.33. The summed E-state index contributed by atoms with van der Waals surface area (Å²) in [6.45, 7) is 1.53. The molecule has 18 heavy (non-hydrogen) atoms. The standard InChI is InChI=1S/C16H30O2/c1-15(17)18-16-13-11-9-7-5-3-2-4-6-8-10-12-14-16/h16H,2-14H2,1H3. The zero-order chi connectivity index (χ0) is 13.1. The van der Waals surface area contributed by atoms with Crippen LogP contribution < -0.4 is 0 Å². The third kappa shape index (κ3) is 8.54. The topological polar surface area (TPSA) is 26.3 Å². The van der Waals surface area contributed by atoms with E-state index in [4.69, 9.17) is 4.74 Å². The molecular weight excluding hydrogens is 224 g/mol. The second kappa shape index (κ2) is 10.4. The Morgan fingerprint density at radius 3 is 1.39 bits per heavy atom. The molecule has 1 aliphatic rings. The molecule has 0 amide bonds. The van der Waals surface area contributed by atoms with Gasteiger partial charge in [0.05, 0.1) is 0 Å². The number of carbonyl (C=O) groups is 1. The maximum absolute atomic E-state index is 11.1. The van der Waals surface area contributed by atoms with E-state index < -0.39 is 0 Å². The van der Waals surface area contributed by atoms with Crippen LogP contribution in [0.15, 0.2) is 0 Å². The first-order valence-corrected chi connectivity index (χ1v) is 7.96. The van der Waals surface area contributed by atoms with Crippen LogP contribution in [0.1, 0.15) is 90.4 Å². The smallest absolute Gasteiger partial charge is 0.302 e. The summed E-state index contributed by atoms with van der Waals surface area (Å²) in [6, 6.07) is 0. The van der Waals surface area contributed by atoms with E-state index in [1.807, 2.05) is 0 Å². The lowest BCUT2D eigenvalue weighted by molar-refractivity contribution is -0.147. The van der Waals surface area contributed by atoms with Gasteiger partial charge in [-0.1, -0.05) is 57.8 Å². The summed E-state index contributed by atoms with van der Waals surface area (Å²) in [5.74, 6) is -0.110. The van der Waals surface area contributed by atoms with E-state index >= 15 is 0 Å². The summed E-state index contributed by atoms with van der Waals surface area (Å²) in [5, 5.41) is 0. The molecular formula is C16H30O2. The van der Waals surface area contributed by atoms with Crippen LogP contribution in [0.3, 0.4) is 0 Å². The minimum atomic E-state index is -0.110. The molecule has 0 aromatic heterocycles. The van der Waals surface area contributed by atoms with Crippen molar-refractivity contribution in [1.29, 1.82) is 0 Å². The van der Waals surface area contributed by atoms with Crippen molar-refractivity contribution in [1.82, 2.24) is 0 Å². The van der Waals surface area contributed by atoms with Gasteiger partial charge >= 0.3 is 5.97 Å². The monoisotopic (exact) mass is 254 g/mol. The molecule has 0 unspecified atom stereocenters. The number of carbonyl (C=O) groups excluding carboxylic acids is 1. The van der Waals surface area contributed by atoms with Crippen LogP contribution >= 0.6 is 0 Å². The summed E-state index contributed by atoms with van der Waals surface area (Å²) >= 11 is 0. The maximum Gasteiger partial charge on any atom is 0.302 e. The van der Waals surface area contributed by atoms with Gasteiger partial charge in [-0.05, 0) is 25.7 Å². The fourth-order valence-electron chi connectivity index (χ4n) is 2.83. The van der Waals surface area contributed by atoms with Crippen molar-refractivity contribution in [2.45, 2.75) is 96.5 Å². The highest BCUT2D eigenvalue weighted by molar-refractivity contribution is 5.66. The van der Waals surface area contributed by atoms with Crippen molar-refractivity contribution in [3.05, 3.63) is 0 Å². The van der Waals surface area contributed by atoms with Gasteiger partial charge < -0.3 is 4.74 Å². The zero-order valence-electron chi connectivity index (χ0n) is 12.1. The predicted molar refractivity (Wildman–Crippen MR) is 75.6 cm³/mol. The zero-order valence-corrected chi connectivity index (χ0v) is 12.1. The predicted octanol–water partition coefficient (Wildman–Crippen LogP) is 5.00. The molecule has 2 heteroatoms. The van der Waals surface area contributed by atoms with E-state index in [1.54, 1.807) is 0 Å². The molecule has 0 aliphatic heterocycles. The average molecular weight is 254 g/mol. The SMILES string of the molecule is CC(=O)OC1CCCCCCCCCCCCC1. The van der Waals surface area contributed by atoms with Gasteiger partial charge in [0, 0.05) is 6.92 Å². The highest BCUT2D eigenvalue weighted by Crippen LogP contribution is 2.18. The molecule has 0 saturated heterocycles.